The predicted octanol–water partition coefficient (Wildman–Crippen LogP) is 3.75. The Balaban J connectivity index is 1.83. The van der Waals surface area contributed by atoms with Gasteiger partial charge >= 0.3 is 0 Å². The molecule has 0 unspecified atom stereocenters. The maximum atomic E-state index is 4.78. The zero-order valence-corrected chi connectivity index (χ0v) is 14.5. The summed E-state index contributed by atoms with van der Waals surface area (Å²) in [5.41, 5.74) is 5.99. The maximum absolute atomic E-state index is 4.78. The van der Waals surface area contributed by atoms with E-state index in [-0.39, 0.29) is 0 Å². The van der Waals surface area contributed by atoms with E-state index in [4.69, 9.17) is 4.98 Å². The Labute approximate surface area is 149 Å². The van der Waals surface area contributed by atoms with Gasteiger partial charge in [-0.25, -0.2) is 14.5 Å². The van der Waals surface area contributed by atoms with Gasteiger partial charge in [0.2, 0.25) is 0 Å². The molecule has 0 saturated carbocycles. The zero-order valence-electron chi connectivity index (χ0n) is 14.5. The van der Waals surface area contributed by atoms with Gasteiger partial charge in [-0.1, -0.05) is 18.2 Å². The van der Waals surface area contributed by atoms with Crippen molar-refractivity contribution in [1.29, 1.82) is 0 Å². The van der Waals surface area contributed by atoms with E-state index in [1.165, 1.54) is 0 Å². The quantitative estimate of drug-likeness (QED) is 0.491. The van der Waals surface area contributed by atoms with Gasteiger partial charge in [0.25, 0.3) is 0 Å². The molecule has 0 fully saturated rings. The summed E-state index contributed by atoms with van der Waals surface area (Å²) in [6.45, 7) is 4.22. The van der Waals surface area contributed by atoms with Gasteiger partial charge in [-0.2, -0.15) is 0 Å². The van der Waals surface area contributed by atoms with Gasteiger partial charge in [-0.15, -0.1) is 5.10 Å². The van der Waals surface area contributed by atoms with Crippen LogP contribution in [0.3, 0.4) is 0 Å². The van der Waals surface area contributed by atoms with E-state index in [2.05, 4.69) is 45.6 Å². The van der Waals surface area contributed by atoms with Crippen molar-refractivity contribution in [3.05, 3.63) is 72.4 Å². The van der Waals surface area contributed by atoms with Crippen LogP contribution < -0.4 is 0 Å². The molecule has 126 valence electrons. The lowest BCUT2D eigenvalue weighted by Crippen LogP contribution is -1.98. The summed E-state index contributed by atoms with van der Waals surface area (Å²) in [5, 5.41) is 5.60. The molecule has 0 aliphatic heterocycles. The fraction of sp³-hybridized carbons (Fsp3) is 0.100. The van der Waals surface area contributed by atoms with Crippen LogP contribution in [0.4, 0.5) is 0 Å². The minimum absolute atomic E-state index is 0.650. The largest absolute Gasteiger partial charge is 0.298 e. The number of rotatable bonds is 2. The molecular formula is C20H16N6. The summed E-state index contributed by atoms with van der Waals surface area (Å²) in [6, 6.07) is 14.1. The van der Waals surface area contributed by atoms with E-state index in [0.717, 1.165) is 39.2 Å². The van der Waals surface area contributed by atoms with Crippen LogP contribution in [0.2, 0.25) is 0 Å². The molecule has 0 radical (unpaired) electrons. The summed E-state index contributed by atoms with van der Waals surface area (Å²) >= 11 is 0. The number of aromatic nitrogens is 6. The molecular weight excluding hydrogens is 324 g/mol. The Morgan fingerprint density at radius 2 is 1.77 bits per heavy atom. The number of pyridine rings is 1. The van der Waals surface area contributed by atoms with E-state index in [9.17, 15) is 0 Å². The number of para-hydroxylation sites is 1. The zero-order chi connectivity index (χ0) is 17.7. The molecule has 0 bridgehead atoms. The van der Waals surface area contributed by atoms with Gasteiger partial charge in [0.05, 0.1) is 5.39 Å². The van der Waals surface area contributed by atoms with Gasteiger partial charge < -0.3 is 0 Å². The number of nitrogens with zero attached hydrogens (tertiary/aromatic N) is 6. The van der Waals surface area contributed by atoms with Crippen LogP contribution in [0.15, 0.2) is 61.2 Å². The van der Waals surface area contributed by atoms with Gasteiger partial charge in [-0.05, 0) is 43.7 Å². The minimum Gasteiger partial charge on any atom is -0.298 e. The molecule has 0 spiro atoms. The summed E-state index contributed by atoms with van der Waals surface area (Å²) in [5.74, 6) is 0.650. The third kappa shape index (κ3) is 2.05. The van der Waals surface area contributed by atoms with Crippen molar-refractivity contribution in [3.63, 3.8) is 0 Å². The topological polar surface area (TPSA) is 60.9 Å². The van der Waals surface area contributed by atoms with Crippen LogP contribution in [0, 0.1) is 13.8 Å². The minimum atomic E-state index is 0.650. The number of fused-ring (bicyclic) bond motifs is 3. The number of aryl methyl sites for hydroxylation is 1. The van der Waals surface area contributed by atoms with Crippen LogP contribution in [0.25, 0.3) is 33.8 Å². The molecule has 0 aliphatic rings. The Kier molecular flexibility index (Phi) is 3.12. The fourth-order valence-electron chi connectivity index (χ4n) is 3.37. The van der Waals surface area contributed by atoms with E-state index >= 15 is 0 Å². The molecule has 0 N–H and O–H groups in total. The lowest BCUT2D eigenvalue weighted by atomic mass is 10.2. The summed E-state index contributed by atoms with van der Waals surface area (Å²) < 4.78 is 3.91. The first-order valence-electron chi connectivity index (χ1n) is 8.43. The van der Waals surface area contributed by atoms with Gasteiger partial charge in [0.1, 0.15) is 6.33 Å². The number of hydrogen-bond donors (Lipinski definition) is 0. The van der Waals surface area contributed by atoms with Crippen molar-refractivity contribution in [2.24, 2.45) is 0 Å². The van der Waals surface area contributed by atoms with Crippen molar-refractivity contribution in [2.45, 2.75) is 13.8 Å². The molecule has 0 saturated heterocycles. The fourth-order valence-corrected chi connectivity index (χ4v) is 3.37. The standard InChI is InChI=1S/C20H16N6/c1-13-14(2)26(16-8-4-3-5-9-16)19-17(13)20-23-18(24-25(20)12-22-19)15-7-6-10-21-11-15/h3-12H,1-2H3. The second kappa shape index (κ2) is 5.49. The van der Waals surface area contributed by atoms with E-state index in [1.54, 1.807) is 23.2 Å². The van der Waals surface area contributed by atoms with Crippen molar-refractivity contribution in [2.75, 3.05) is 0 Å². The molecule has 26 heavy (non-hydrogen) atoms. The molecule has 5 aromatic rings. The number of benzene rings is 1. The monoisotopic (exact) mass is 340 g/mol. The van der Waals surface area contributed by atoms with Crippen molar-refractivity contribution in [3.8, 4) is 17.1 Å². The molecule has 5 rings (SSSR count). The van der Waals surface area contributed by atoms with Crippen molar-refractivity contribution >= 4 is 16.7 Å². The van der Waals surface area contributed by atoms with E-state index < -0.39 is 0 Å². The second-order valence-corrected chi connectivity index (χ2v) is 6.27. The first-order chi connectivity index (χ1) is 12.7. The highest BCUT2D eigenvalue weighted by atomic mass is 15.3. The molecule has 0 amide bonds. The smallest absolute Gasteiger partial charge is 0.183 e. The highest BCUT2D eigenvalue weighted by Crippen LogP contribution is 2.30. The molecule has 6 nitrogen and oxygen atoms in total. The highest BCUT2D eigenvalue weighted by molar-refractivity contribution is 5.95. The molecule has 4 aromatic heterocycles. The number of hydrogen-bond acceptors (Lipinski definition) is 4. The SMILES string of the molecule is Cc1c(C)n(-c2ccccc2)c2ncn3nc(-c4cccnc4)nc3c12. The average Bonchev–Trinajstić information content (AvgIpc) is 3.23. The normalized spacial score (nSPS) is 11.5. The molecule has 4 heterocycles. The lowest BCUT2D eigenvalue weighted by Gasteiger charge is -2.07. The Hall–Kier alpha value is -3.54. The summed E-state index contributed by atoms with van der Waals surface area (Å²) in [4.78, 5) is 13.6. The molecule has 0 aliphatic carbocycles. The van der Waals surface area contributed by atoms with Gasteiger partial charge in [0, 0.05) is 29.3 Å². The van der Waals surface area contributed by atoms with Crippen molar-refractivity contribution < 1.29 is 0 Å². The lowest BCUT2D eigenvalue weighted by molar-refractivity contribution is 0.926. The Bertz CT molecular complexity index is 1240. The molecule has 0 atom stereocenters. The van der Waals surface area contributed by atoms with Crippen LogP contribution in [-0.4, -0.2) is 29.1 Å². The van der Waals surface area contributed by atoms with Crippen LogP contribution in [0.1, 0.15) is 11.3 Å². The first kappa shape index (κ1) is 14.8. The van der Waals surface area contributed by atoms with Crippen LogP contribution >= 0.6 is 0 Å². The molecule has 6 heteroatoms. The second-order valence-electron chi connectivity index (χ2n) is 6.27. The van der Waals surface area contributed by atoms with Crippen LogP contribution in [-0.2, 0) is 0 Å². The van der Waals surface area contributed by atoms with E-state index in [1.807, 2.05) is 30.3 Å². The maximum Gasteiger partial charge on any atom is 0.183 e. The Morgan fingerprint density at radius 1 is 0.923 bits per heavy atom. The van der Waals surface area contributed by atoms with Gasteiger partial charge in [0.15, 0.2) is 17.1 Å². The summed E-state index contributed by atoms with van der Waals surface area (Å²) in [7, 11) is 0. The van der Waals surface area contributed by atoms with E-state index in [0.29, 0.717) is 5.82 Å². The highest BCUT2D eigenvalue weighted by Gasteiger charge is 2.19. The first-order valence-corrected chi connectivity index (χ1v) is 8.43. The molecule has 1 aromatic carbocycles. The van der Waals surface area contributed by atoms with Crippen LogP contribution in [0.5, 0.6) is 0 Å². The predicted molar refractivity (Wildman–Crippen MR) is 100 cm³/mol. The summed E-state index contributed by atoms with van der Waals surface area (Å²) in [6.07, 6.45) is 5.24. The average molecular weight is 340 g/mol. The third-order valence-electron chi connectivity index (χ3n) is 4.77. The van der Waals surface area contributed by atoms with Crippen molar-refractivity contribution in [1.82, 2.24) is 29.1 Å². The van der Waals surface area contributed by atoms with Gasteiger partial charge in [-0.3, -0.25) is 9.55 Å². The third-order valence-corrected chi connectivity index (χ3v) is 4.77. The Morgan fingerprint density at radius 3 is 2.54 bits per heavy atom.